The predicted molar refractivity (Wildman–Crippen MR) is 79.1 cm³/mol. The third kappa shape index (κ3) is 2.38. The zero-order valence-corrected chi connectivity index (χ0v) is 11.4. The van der Waals surface area contributed by atoms with Gasteiger partial charge in [0.15, 0.2) is 0 Å². The van der Waals surface area contributed by atoms with Crippen LogP contribution in [0.3, 0.4) is 0 Å². The molecule has 2 unspecified atom stereocenters. The fourth-order valence-electron chi connectivity index (χ4n) is 3.07. The van der Waals surface area contributed by atoms with Crippen LogP contribution in [0.15, 0.2) is 42.5 Å². The first-order chi connectivity index (χ1) is 9.18. The molecule has 1 aliphatic rings. The summed E-state index contributed by atoms with van der Waals surface area (Å²) in [5.41, 5.74) is 0.275. The molecule has 1 saturated heterocycles. The van der Waals surface area contributed by atoms with Gasteiger partial charge < -0.3 is 10.4 Å². The van der Waals surface area contributed by atoms with Crippen LogP contribution in [0.25, 0.3) is 10.8 Å². The molecule has 1 heterocycles. The van der Waals surface area contributed by atoms with E-state index in [1.807, 2.05) is 19.1 Å². The fourth-order valence-corrected chi connectivity index (χ4v) is 3.07. The van der Waals surface area contributed by atoms with Gasteiger partial charge in [0.2, 0.25) is 0 Å². The van der Waals surface area contributed by atoms with Gasteiger partial charge in [-0.05, 0) is 48.7 Å². The lowest BCUT2D eigenvalue weighted by atomic mass is 9.78. The monoisotopic (exact) mass is 255 g/mol. The van der Waals surface area contributed by atoms with Crippen LogP contribution in [0.1, 0.15) is 25.3 Å². The second-order valence-electron chi connectivity index (χ2n) is 5.75. The van der Waals surface area contributed by atoms with Crippen LogP contribution in [0.5, 0.6) is 0 Å². The zero-order chi connectivity index (χ0) is 13.3. The Morgan fingerprint density at radius 2 is 1.95 bits per heavy atom. The number of fused-ring (bicyclic) bond motifs is 1. The molecule has 100 valence electrons. The highest BCUT2D eigenvalue weighted by Gasteiger charge is 2.34. The number of nitrogens with one attached hydrogen (secondary N) is 1. The third-order valence-electron chi connectivity index (χ3n) is 4.43. The van der Waals surface area contributed by atoms with Crippen molar-refractivity contribution < 1.29 is 5.11 Å². The first-order valence-electron chi connectivity index (χ1n) is 7.10. The molecule has 2 atom stereocenters. The molecule has 0 aliphatic carbocycles. The van der Waals surface area contributed by atoms with Gasteiger partial charge in [0, 0.05) is 12.5 Å². The number of aliphatic hydroxyl groups is 1. The lowest BCUT2D eigenvalue weighted by Crippen LogP contribution is -2.42. The normalized spacial score (nSPS) is 23.2. The Bertz CT molecular complexity index is 570. The SMILES string of the molecule is CC(O)(c1ccc2ccccc2c1)C1CCCNC1. The molecule has 3 rings (SSSR count). The van der Waals surface area contributed by atoms with E-state index in [2.05, 4.69) is 35.6 Å². The van der Waals surface area contributed by atoms with E-state index in [9.17, 15) is 5.11 Å². The first kappa shape index (κ1) is 12.6. The van der Waals surface area contributed by atoms with Crippen molar-refractivity contribution in [3.8, 4) is 0 Å². The predicted octanol–water partition coefficient (Wildman–Crippen LogP) is 3.05. The van der Waals surface area contributed by atoms with Crippen LogP contribution in [0.4, 0.5) is 0 Å². The van der Waals surface area contributed by atoms with Crippen molar-refractivity contribution in [3.05, 3.63) is 48.0 Å². The van der Waals surface area contributed by atoms with Crippen molar-refractivity contribution in [1.82, 2.24) is 5.32 Å². The van der Waals surface area contributed by atoms with Gasteiger partial charge >= 0.3 is 0 Å². The molecule has 0 radical (unpaired) electrons. The molecule has 2 heteroatoms. The molecule has 2 N–H and O–H groups in total. The lowest BCUT2D eigenvalue weighted by Gasteiger charge is -2.36. The number of hydrogen-bond donors (Lipinski definition) is 2. The largest absolute Gasteiger partial charge is 0.385 e. The van der Waals surface area contributed by atoms with Gasteiger partial charge in [-0.25, -0.2) is 0 Å². The summed E-state index contributed by atoms with van der Waals surface area (Å²) in [6.07, 6.45) is 2.24. The summed E-state index contributed by atoms with van der Waals surface area (Å²) in [5, 5.41) is 16.7. The maximum atomic E-state index is 10.9. The highest BCUT2D eigenvalue weighted by Crippen LogP contribution is 2.34. The van der Waals surface area contributed by atoms with E-state index in [1.54, 1.807) is 0 Å². The molecule has 0 aromatic heterocycles. The summed E-state index contributed by atoms with van der Waals surface area (Å²) in [6, 6.07) is 14.6. The molecule has 0 saturated carbocycles. The highest BCUT2D eigenvalue weighted by molar-refractivity contribution is 5.83. The van der Waals surface area contributed by atoms with Crippen molar-refractivity contribution in [3.63, 3.8) is 0 Å². The summed E-state index contributed by atoms with van der Waals surface area (Å²) >= 11 is 0. The maximum Gasteiger partial charge on any atom is 0.0908 e. The van der Waals surface area contributed by atoms with Gasteiger partial charge in [-0.1, -0.05) is 36.4 Å². The number of benzene rings is 2. The molecule has 0 spiro atoms. The van der Waals surface area contributed by atoms with E-state index in [0.717, 1.165) is 31.5 Å². The topological polar surface area (TPSA) is 32.3 Å². The Labute approximate surface area is 114 Å². The second-order valence-corrected chi connectivity index (χ2v) is 5.75. The molecule has 19 heavy (non-hydrogen) atoms. The Balaban J connectivity index is 1.97. The van der Waals surface area contributed by atoms with E-state index in [4.69, 9.17) is 0 Å². The average molecular weight is 255 g/mol. The van der Waals surface area contributed by atoms with E-state index in [-0.39, 0.29) is 0 Å². The van der Waals surface area contributed by atoms with Crippen molar-refractivity contribution in [2.45, 2.75) is 25.4 Å². The van der Waals surface area contributed by atoms with Crippen molar-refractivity contribution >= 4 is 10.8 Å². The van der Waals surface area contributed by atoms with Gasteiger partial charge in [-0.15, -0.1) is 0 Å². The Kier molecular flexibility index (Phi) is 3.29. The van der Waals surface area contributed by atoms with Gasteiger partial charge in [0.1, 0.15) is 0 Å². The van der Waals surface area contributed by atoms with Crippen LogP contribution in [0.2, 0.25) is 0 Å². The second kappa shape index (κ2) is 4.95. The van der Waals surface area contributed by atoms with Crippen LogP contribution in [-0.2, 0) is 5.60 Å². The minimum atomic E-state index is -0.753. The molecule has 2 aromatic rings. The van der Waals surface area contributed by atoms with Crippen molar-refractivity contribution in [2.24, 2.45) is 5.92 Å². The summed E-state index contributed by atoms with van der Waals surface area (Å²) < 4.78 is 0. The Hall–Kier alpha value is -1.38. The van der Waals surface area contributed by atoms with Gasteiger partial charge in [0.05, 0.1) is 5.60 Å². The first-order valence-corrected chi connectivity index (χ1v) is 7.10. The number of piperidine rings is 1. The standard InChI is InChI=1S/C17H21NO/c1-17(19,16-7-4-10-18-12-16)15-9-8-13-5-2-3-6-14(13)11-15/h2-3,5-6,8-9,11,16,18-19H,4,7,10,12H2,1H3. The molecular weight excluding hydrogens is 234 g/mol. The summed E-state index contributed by atoms with van der Waals surface area (Å²) in [6.45, 7) is 3.93. The molecule has 2 nitrogen and oxygen atoms in total. The molecule has 0 bridgehead atoms. The Morgan fingerprint density at radius 3 is 2.68 bits per heavy atom. The average Bonchev–Trinajstić information content (AvgIpc) is 2.47. The summed E-state index contributed by atoms with van der Waals surface area (Å²) in [5.74, 6) is 0.294. The molecule has 1 fully saturated rings. The highest BCUT2D eigenvalue weighted by atomic mass is 16.3. The maximum absolute atomic E-state index is 10.9. The van der Waals surface area contributed by atoms with E-state index < -0.39 is 5.60 Å². The number of rotatable bonds is 2. The van der Waals surface area contributed by atoms with Gasteiger partial charge in [0.25, 0.3) is 0 Å². The number of hydrogen-bond acceptors (Lipinski definition) is 2. The fraction of sp³-hybridized carbons (Fsp3) is 0.412. The van der Waals surface area contributed by atoms with Crippen LogP contribution >= 0.6 is 0 Å². The minimum Gasteiger partial charge on any atom is -0.385 e. The van der Waals surface area contributed by atoms with Gasteiger partial charge in [-0.2, -0.15) is 0 Å². The van der Waals surface area contributed by atoms with E-state index in [0.29, 0.717) is 5.92 Å². The smallest absolute Gasteiger partial charge is 0.0908 e. The lowest BCUT2D eigenvalue weighted by molar-refractivity contribution is -0.0155. The van der Waals surface area contributed by atoms with Crippen LogP contribution in [-0.4, -0.2) is 18.2 Å². The van der Waals surface area contributed by atoms with Crippen molar-refractivity contribution in [2.75, 3.05) is 13.1 Å². The molecular formula is C17H21NO. The van der Waals surface area contributed by atoms with E-state index >= 15 is 0 Å². The third-order valence-corrected chi connectivity index (χ3v) is 4.43. The molecule has 0 amide bonds. The summed E-state index contributed by atoms with van der Waals surface area (Å²) in [4.78, 5) is 0. The van der Waals surface area contributed by atoms with Crippen LogP contribution < -0.4 is 5.32 Å². The minimum absolute atomic E-state index is 0.294. The van der Waals surface area contributed by atoms with Crippen molar-refractivity contribution in [1.29, 1.82) is 0 Å². The van der Waals surface area contributed by atoms with E-state index in [1.165, 1.54) is 10.8 Å². The quantitative estimate of drug-likeness (QED) is 0.864. The summed E-state index contributed by atoms with van der Waals surface area (Å²) in [7, 11) is 0. The molecule has 2 aromatic carbocycles. The zero-order valence-electron chi connectivity index (χ0n) is 11.4. The van der Waals surface area contributed by atoms with Gasteiger partial charge in [-0.3, -0.25) is 0 Å². The molecule has 1 aliphatic heterocycles. The van der Waals surface area contributed by atoms with Crippen LogP contribution in [0, 0.1) is 5.92 Å². The Morgan fingerprint density at radius 1 is 1.16 bits per heavy atom.